The number of nitrogens with zero attached hydrogens (tertiary/aromatic N) is 6. The van der Waals surface area contributed by atoms with Gasteiger partial charge in [0, 0.05) is 30.9 Å². The lowest BCUT2D eigenvalue weighted by Crippen LogP contribution is -2.60. The van der Waals surface area contributed by atoms with Gasteiger partial charge in [0.05, 0.1) is 17.3 Å². The highest BCUT2D eigenvalue weighted by molar-refractivity contribution is 7.21. The third kappa shape index (κ3) is 3.28. The van der Waals surface area contributed by atoms with Crippen molar-refractivity contribution in [1.29, 1.82) is 0 Å². The van der Waals surface area contributed by atoms with E-state index in [0.717, 1.165) is 28.2 Å². The predicted octanol–water partition coefficient (Wildman–Crippen LogP) is 2.57. The zero-order valence-electron chi connectivity index (χ0n) is 16.9. The standard InChI is InChI=1S/C19H17F3N8OS/c1-8-3-12-26-9(2)28-30(12)17-13(8)14(23)15(32-17)16(31)27-11-6-29(7-11)18-24-4-10(5-25-18)19(20,21)22/h3-5,11H,6-7,23H2,1-2H3,(H,27,31). The summed E-state index contributed by atoms with van der Waals surface area (Å²) in [6.07, 6.45) is -2.98. The Labute approximate surface area is 183 Å². The fourth-order valence-electron chi connectivity index (χ4n) is 3.69. The first-order valence-corrected chi connectivity index (χ1v) is 10.4. The summed E-state index contributed by atoms with van der Waals surface area (Å²) < 4.78 is 39.6. The van der Waals surface area contributed by atoms with Gasteiger partial charge in [-0.3, -0.25) is 4.79 Å². The largest absolute Gasteiger partial charge is 0.419 e. The maximum Gasteiger partial charge on any atom is 0.419 e. The highest BCUT2D eigenvalue weighted by atomic mass is 32.1. The number of nitrogens with one attached hydrogen (secondary N) is 1. The molecule has 9 nitrogen and oxygen atoms in total. The molecule has 13 heteroatoms. The molecular weight excluding hydrogens is 445 g/mol. The van der Waals surface area contributed by atoms with Crippen molar-refractivity contribution in [2.24, 2.45) is 0 Å². The summed E-state index contributed by atoms with van der Waals surface area (Å²) in [6, 6.07) is 1.67. The molecule has 1 saturated heterocycles. The summed E-state index contributed by atoms with van der Waals surface area (Å²) in [6.45, 7) is 4.47. The van der Waals surface area contributed by atoms with Crippen molar-refractivity contribution in [3.63, 3.8) is 0 Å². The van der Waals surface area contributed by atoms with Gasteiger partial charge in [-0.05, 0) is 25.5 Å². The molecule has 0 atom stereocenters. The molecule has 4 aromatic heterocycles. The quantitative estimate of drug-likeness (QED) is 0.481. The molecule has 3 N–H and O–H groups in total. The van der Waals surface area contributed by atoms with Gasteiger partial charge in [0.1, 0.15) is 15.5 Å². The van der Waals surface area contributed by atoms with Crippen LogP contribution in [0.1, 0.15) is 26.6 Å². The van der Waals surface area contributed by atoms with E-state index in [1.54, 1.807) is 16.3 Å². The van der Waals surface area contributed by atoms with Crippen molar-refractivity contribution in [1.82, 2.24) is 29.9 Å². The van der Waals surface area contributed by atoms with Gasteiger partial charge in [-0.25, -0.2) is 19.5 Å². The van der Waals surface area contributed by atoms with E-state index < -0.39 is 11.7 Å². The fraction of sp³-hybridized carbons (Fsp3) is 0.316. The van der Waals surface area contributed by atoms with Crippen LogP contribution < -0.4 is 16.0 Å². The number of fused-ring (bicyclic) bond motifs is 3. The summed E-state index contributed by atoms with van der Waals surface area (Å²) in [5.41, 5.74) is 7.38. The monoisotopic (exact) mass is 462 g/mol. The second-order valence-electron chi connectivity index (χ2n) is 7.63. The van der Waals surface area contributed by atoms with Gasteiger partial charge >= 0.3 is 6.18 Å². The molecule has 1 aliphatic rings. The third-order valence-corrected chi connectivity index (χ3v) is 6.45. The van der Waals surface area contributed by atoms with Crippen molar-refractivity contribution in [2.75, 3.05) is 23.7 Å². The minimum absolute atomic E-state index is 0.185. The van der Waals surface area contributed by atoms with Crippen LogP contribution in [-0.4, -0.2) is 49.6 Å². The van der Waals surface area contributed by atoms with Crippen molar-refractivity contribution in [3.05, 3.63) is 40.3 Å². The Morgan fingerprint density at radius 3 is 2.59 bits per heavy atom. The number of carbonyl (C=O) groups is 1. The number of rotatable bonds is 3. The van der Waals surface area contributed by atoms with Gasteiger partial charge in [0.15, 0.2) is 5.65 Å². The van der Waals surface area contributed by atoms with E-state index >= 15 is 0 Å². The molecule has 166 valence electrons. The number of anilines is 2. The second-order valence-corrected chi connectivity index (χ2v) is 8.63. The number of pyridine rings is 1. The number of nitrogens with two attached hydrogens (primary N) is 1. The molecule has 0 aliphatic carbocycles. The molecule has 0 saturated carbocycles. The van der Waals surface area contributed by atoms with Crippen LogP contribution in [0.3, 0.4) is 0 Å². The lowest BCUT2D eigenvalue weighted by molar-refractivity contribution is -0.138. The van der Waals surface area contributed by atoms with Gasteiger partial charge in [0.2, 0.25) is 5.95 Å². The SMILES string of the molecule is Cc1nc2cc(C)c3c(N)c(C(=O)NC4CN(c5ncc(C(F)(F)F)cn5)C4)sc3n2n1. The summed E-state index contributed by atoms with van der Waals surface area (Å²) in [5.74, 6) is 0.491. The van der Waals surface area contributed by atoms with Crippen molar-refractivity contribution < 1.29 is 18.0 Å². The molecule has 5 rings (SSSR count). The van der Waals surface area contributed by atoms with E-state index in [1.165, 1.54) is 11.3 Å². The first-order chi connectivity index (χ1) is 15.1. The zero-order chi connectivity index (χ0) is 22.8. The van der Waals surface area contributed by atoms with Crippen LogP contribution in [0.2, 0.25) is 0 Å². The van der Waals surface area contributed by atoms with Gasteiger partial charge in [-0.2, -0.15) is 18.3 Å². The first kappa shape index (κ1) is 20.4. The maximum absolute atomic E-state index is 12.9. The molecule has 0 unspecified atom stereocenters. The second kappa shape index (κ2) is 7.02. The maximum atomic E-state index is 12.9. The number of hydrogen-bond donors (Lipinski definition) is 2. The molecule has 0 radical (unpaired) electrons. The minimum atomic E-state index is -4.48. The highest BCUT2D eigenvalue weighted by Crippen LogP contribution is 2.36. The Kier molecular flexibility index (Phi) is 4.48. The van der Waals surface area contributed by atoms with E-state index in [0.29, 0.717) is 35.1 Å². The van der Waals surface area contributed by atoms with Crippen LogP contribution in [-0.2, 0) is 6.18 Å². The van der Waals surface area contributed by atoms with E-state index in [2.05, 4.69) is 25.4 Å². The van der Waals surface area contributed by atoms with Crippen LogP contribution in [0, 0.1) is 13.8 Å². The zero-order valence-corrected chi connectivity index (χ0v) is 17.8. The number of carbonyl (C=O) groups excluding carboxylic acids is 1. The number of aryl methyl sites for hydroxylation is 2. The highest BCUT2D eigenvalue weighted by Gasteiger charge is 2.34. The van der Waals surface area contributed by atoms with Crippen molar-refractivity contribution >= 4 is 44.7 Å². The Hall–Kier alpha value is -3.48. The molecule has 1 amide bonds. The van der Waals surface area contributed by atoms with E-state index in [1.807, 2.05) is 13.0 Å². The number of alkyl halides is 3. The average molecular weight is 462 g/mol. The van der Waals surface area contributed by atoms with Crippen LogP contribution in [0.25, 0.3) is 15.9 Å². The fourth-order valence-corrected chi connectivity index (χ4v) is 4.84. The first-order valence-electron chi connectivity index (χ1n) is 9.62. The Bertz CT molecular complexity index is 1360. The molecule has 32 heavy (non-hydrogen) atoms. The van der Waals surface area contributed by atoms with Gasteiger partial charge in [-0.1, -0.05) is 0 Å². The van der Waals surface area contributed by atoms with Gasteiger partial charge < -0.3 is 16.0 Å². The van der Waals surface area contributed by atoms with Crippen LogP contribution >= 0.6 is 11.3 Å². The molecule has 0 aromatic carbocycles. The van der Waals surface area contributed by atoms with Crippen LogP contribution in [0.5, 0.6) is 0 Å². The third-order valence-electron chi connectivity index (χ3n) is 5.27. The normalized spacial score (nSPS) is 14.8. The lowest BCUT2D eigenvalue weighted by Gasteiger charge is -2.39. The molecule has 0 spiro atoms. The number of amides is 1. The molecule has 5 heterocycles. The number of hydrogen-bond acceptors (Lipinski definition) is 8. The Morgan fingerprint density at radius 1 is 1.25 bits per heavy atom. The van der Waals surface area contributed by atoms with Crippen molar-refractivity contribution in [2.45, 2.75) is 26.1 Å². The molecule has 0 bridgehead atoms. The van der Waals surface area contributed by atoms with Crippen LogP contribution in [0.15, 0.2) is 18.5 Å². The van der Waals surface area contributed by atoms with Crippen molar-refractivity contribution in [3.8, 4) is 0 Å². The van der Waals surface area contributed by atoms with Crippen LogP contribution in [0.4, 0.5) is 24.8 Å². The van der Waals surface area contributed by atoms with E-state index in [-0.39, 0.29) is 17.9 Å². The summed E-state index contributed by atoms with van der Waals surface area (Å²) in [5, 5.41) is 8.07. The molecule has 4 aromatic rings. The number of nitrogen functional groups attached to an aromatic ring is 1. The molecule has 1 fully saturated rings. The topological polar surface area (TPSA) is 114 Å². The lowest BCUT2D eigenvalue weighted by atomic mass is 10.1. The summed E-state index contributed by atoms with van der Waals surface area (Å²) in [7, 11) is 0. The smallest absolute Gasteiger partial charge is 0.397 e. The van der Waals surface area contributed by atoms with E-state index in [4.69, 9.17) is 5.73 Å². The molecule has 1 aliphatic heterocycles. The number of halogens is 3. The number of aromatic nitrogens is 5. The predicted molar refractivity (Wildman–Crippen MR) is 113 cm³/mol. The summed E-state index contributed by atoms with van der Waals surface area (Å²) >= 11 is 1.25. The van der Waals surface area contributed by atoms with Gasteiger partial charge in [-0.15, -0.1) is 11.3 Å². The summed E-state index contributed by atoms with van der Waals surface area (Å²) in [4.78, 5) is 27.6. The Balaban J connectivity index is 1.31. The number of thiophene rings is 1. The van der Waals surface area contributed by atoms with Gasteiger partial charge in [0.25, 0.3) is 5.91 Å². The average Bonchev–Trinajstić information content (AvgIpc) is 3.23. The van der Waals surface area contributed by atoms with E-state index in [9.17, 15) is 18.0 Å². The minimum Gasteiger partial charge on any atom is -0.397 e. The Morgan fingerprint density at radius 2 is 1.94 bits per heavy atom. The molecular formula is C19H17F3N8OS.